The quantitative estimate of drug-likeness (QED) is 0.451. The molecule has 4 heteroatoms. The van der Waals surface area contributed by atoms with Crippen molar-refractivity contribution in [3.8, 4) is 11.1 Å². The molecule has 0 unspecified atom stereocenters. The van der Waals surface area contributed by atoms with Crippen molar-refractivity contribution in [2.45, 2.75) is 18.7 Å². The zero-order valence-corrected chi connectivity index (χ0v) is 17.8. The first kappa shape index (κ1) is 19.9. The van der Waals surface area contributed by atoms with Crippen molar-refractivity contribution in [2.75, 3.05) is 0 Å². The van der Waals surface area contributed by atoms with E-state index in [2.05, 4.69) is 22.9 Å². The van der Waals surface area contributed by atoms with Crippen molar-refractivity contribution in [3.05, 3.63) is 119 Å². The molecule has 0 fully saturated rings. The zero-order chi connectivity index (χ0) is 21.1. The molecule has 0 radical (unpaired) electrons. The number of rotatable bonds is 5. The van der Waals surface area contributed by atoms with E-state index in [1.54, 1.807) is 30.5 Å². The van der Waals surface area contributed by atoms with Gasteiger partial charge < -0.3 is 0 Å². The zero-order valence-electron chi connectivity index (χ0n) is 17.0. The lowest BCUT2D eigenvalue weighted by Crippen LogP contribution is -2.18. The Morgan fingerprint density at radius 3 is 2.07 bits per heavy atom. The molecule has 3 nitrogen and oxygen atoms in total. The Morgan fingerprint density at radius 2 is 1.37 bits per heavy atom. The number of hydrogen-bond donors (Lipinski definition) is 1. The van der Waals surface area contributed by atoms with E-state index in [1.165, 1.54) is 0 Å². The summed E-state index contributed by atoms with van der Waals surface area (Å²) in [6.07, 6.45) is 1.60. The highest BCUT2D eigenvalue weighted by Gasteiger charge is 2.16. The van der Waals surface area contributed by atoms with Crippen LogP contribution in [0.2, 0.25) is 0 Å². The molecule has 0 heterocycles. The van der Waals surface area contributed by atoms with Gasteiger partial charge >= 0.3 is 0 Å². The minimum absolute atomic E-state index is 0.242. The number of fused-ring (bicyclic) bond motifs is 1. The highest BCUT2D eigenvalue weighted by atomic mass is 32.2. The Kier molecular flexibility index (Phi) is 5.42. The fraction of sp³-hybridized carbons (Fsp3) is 0.0769. The van der Waals surface area contributed by atoms with Crippen molar-refractivity contribution in [3.63, 3.8) is 0 Å². The van der Waals surface area contributed by atoms with Gasteiger partial charge in [-0.2, -0.15) is 0 Å². The summed E-state index contributed by atoms with van der Waals surface area (Å²) in [7, 11) is -3.67. The molecule has 0 atom stereocenters. The van der Waals surface area contributed by atoms with Gasteiger partial charge in [-0.1, -0.05) is 90.0 Å². The van der Waals surface area contributed by atoms with Gasteiger partial charge in [0, 0.05) is 11.8 Å². The van der Waals surface area contributed by atoms with E-state index in [-0.39, 0.29) is 4.90 Å². The van der Waals surface area contributed by atoms with Crippen LogP contribution in [0, 0.1) is 13.8 Å². The van der Waals surface area contributed by atoms with Gasteiger partial charge in [-0.25, -0.2) is 8.42 Å². The molecule has 2 aromatic rings. The van der Waals surface area contributed by atoms with Crippen molar-refractivity contribution >= 4 is 15.6 Å². The van der Waals surface area contributed by atoms with E-state index < -0.39 is 10.0 Å². The normalized spacial score (nSPS) is 12.1. The molecule has 0 saturated heterocycles. The molecule has 30 heavy (non-hydrogen) atoms. The first-order valence-electron chi connectivity index (χ1n) is 9.78. The first-order valence-corrected chi connectivity index (χ1v) is 11.3. The van der Waals surface area contributed by atoms with Crippen LogP contribution in [0.15, 0.2) is 102 Å². The molecule has 2 aliphatic carbocycles. The molecule has 0 amide bonds. The summed E-state index contributed by atoms with van der Waals surface area (Å²) in [6.45, 7) is 3.96. The van der Waals surface area contributed by atoms with Crippen LogP contribution in [0.3, 0.4) is 0 Å². The maximum atomic E-state index is 12.9. The van der Waals surface area contributed by atoms with Gasteiger partial charge in [-0.15, -0.1) is 0 Å². The van der Waals surface area contributed by atoms with Crippen molar-refractivity contribution in [1.82, 2.24) is 4.72 Å². The van der Waals surface area contributed by atoms with E-state index in [0.717, 1.165) is 39.0 Å². The summed E-state index contributed by atoms with van der Waals surface area (Å²) in [5, 5.41) is 0. The summed E-state index contributed by atoms with van der Waals surface area (Å²) in [6, 6.07) is 29.1. The summed E-state index contributed by atoms with van der Waals surface area (Å²) in [4.78, 5) is 0.242. The lowest BCUT2D eigenvalue weighted by Gasteiger charge is -2.12. The van der Waals surface area contributed by atoms with Gasteiger partial charge in [0.05, 0.1) is 4.90 Å². The third kappa shape index (κ3) is 4.14. The molecule has 4 rings (SSSR count). The molecule has 2 aromatic carbocycles. The van der Waals surface area contributed by atoms with Crippen molar-refractivity contribution in [2.24, 2.45) is 0 Å². The van der Waals surface area contributed by atoms with E-state index >= 15 is 0 Å². The Hall–Kier alpha value is -3.37. The second kappa shape index (κ2) is 8.17. The minimum atomic E-state index is -3.67. The SMILES string of the molecule is Cc1ccc(/C(=C/NS(=O)(=O)c2ccc(C)cc2)c2ccc3cccccc2-3)cc1. The largest absolute Gasteiger partial charge is 0.286 e. The van der Waals surface area contributed by atoms with E-state index in [4.69, 9.17) is 0 Å². The Balaban J connectivity index is 1.80. The van der Waals surface area contributed by atoms with Crippen molar-refractivity contribution < 1.29 is 8.42 Å². The van der Waals surface area contributed by atoms with Crippen LogP contribution in [0.4, 0.5) is 0 Å². The Morgan fingerprint density at radius 1 is 0.733 bits per heavy atom. The Labute approximate surface area is 178 Å². The second-order valence-electron chi connectivity index (χ2n) is 7.39. The van der Waals surface area contributed by atoms with E-state index in [0.29, 0.717) is 0 Å². The maximum absolute atomic E-state index is 12.9. The molecule has 0 aliphatic heterocycles. The van der Waals surface area contributed by atoms with Gasteiger partial charge in [-0.05, 0) is 48.2 Å². The third-order valence-corrected chi connectivity index (χ3v) is 6.45. The van der Waals surface area contributed by atoms with Gasteiger partial charge in [0.1, 0.15) is 0 Å². The molecular weight excluding hydrogens is 390 g/mol. The van der Waals surface area contributed by atoms with E-state index in [1.807, 2.05) is 62.4 Å². The number of benzene rings is 2. The number of hydrogen-bond acceptors (Lipinski definition) is 2. The minimum Gasteiger partial charge on any atom is -0.286 e. The summed E-state index contributed by atoms with van der Waals surface area (Å²) < 4.78 is 28.4. The van der Waals surface area contributed by atoms with E-state index in [9.17, 15) is 8.42 Å². The lowest BCUT2D eigenvalue weighted by molar-refractivity contribution is 0.590. The lowest BCUT2D eigenvalue weighted by atomic mass is 9.96. The highest BCUT2D eigenvalue weighted by Crippen LogP contribution is 2.35. The number of nitrogens with one attached hydrogen (secondary N) is 1. The predicted octanol–water partition coefficient (Wildman–Crippen LogP) is 5.78. The van der Waals surface area contributed by atoms with Gasteiger partial charge in [-0.3, -0.25) is 4.72 Å². The third-order valence-electron chi connectivity index (χ3n) is 5.13. The summed E-state index contributed by atoms with van der Waals surface area (Å²) in [5.74, 6) is 0. The fourth-order valence-corrected chi connectivity index (χ4v) is 4.32. The van der Waals surface area contributed by atoms with Crippen LogP contribution in [0.25, 0.3) is 16.7 Å². The van der Waals surface area contributed by atoms with Crippen LogP contribution in [-0.4, -0.2) is 8.42 Å². The van der Waals surface area contributed by atoms with Gasteiger partial charge in [0.25, 0.3) is 10.0 Å². The highest BCUT2D eigenvalue weighted by molar-refractivity contribution is 7.89. The smallest absolute Gasteiger partial charge is 0.261 e. The van der Waals surface area contributed by atoms with Crippen LogP contribution in [0.5, 0.6) is 0 Å². The molecule has 2 aliphatic rings. The molecule has 0 spiro atoms. The topological polar surface area (TPSA) is 46.2 Å². The molecule has 0 aromatic heterocycles. The average Bonchev–Trinajstić information content (AvgIpc) is 2.97. The van der Waals surface area contributed by atoms with Gasteiger partial charge in [0.2, 0.25) is 0 Å². The molecule has 150 valence electrons. The number of sulfonamides is 1. The monoisotopic (exact) mass is 413 g/mol. The Bertz CT molecular complexity index is 1270. The van der Waals surface area contributed by atoms with Crippen LogP contribution in [-0.2, 0) is 10.0 Å². The summed E-state index contributed by atoms with van der Waals surface area (Å²) in [5.41, 5.74) is 7.10. The molecule has 0 bridgehead atoms. The fourth-order valence-electron chi connectivity index (χ4n) is 3.42. The average molecular weight is 414 g/mol. The van der Waals surface area contributed by atoms with Crippen LogP contribution >= 0.6 is 0 Å². The van der Waals surface area contributed by atoms with Crippen molar-refractivity contribution in [1.29, 1.82) is 0 Å². The first-order chi connectivity index (χ1) is 14.4. The van der Waals surface area contributed by atoms with Gasteiger partial charge in [0.15, 0.2) is 0 Å². The molecular formula is C26H23NO2S. The number of aryl methyl sites for hydroxylation is 2. The predicted molar refractivity (Wildman–Crippen MR) is 123 cm³/mol. The second-order valence-corrected chi connectivity index (χ2v) is 9.10. The summed E-state index contributed by atoms with van der Waals surface area (Å²) >= 11 is 0. The van der Waals surface area contributed by atoms with Crippen LogP contribution < -0.4 is 4.72 Å². The molecule has 0 saturated carbocycles. The maximum Gasteiger partial charge on any atom is 0.261 e. The van der Waals surface area contributed by atoms with Crippen LogP contribution in [0.1, 0.15) is 22.3 Å². The standard InChI is InChI=1S/C26H23NO2S/c1-19-8-12-22(13-9-19)26(25-17-14-21-6-4-3-5-7-24(21)25)18-27-30(28,29)23-15-10-20(2)11-16-23/h3-18,27H,1-2H3/b26-18-. The molecule has 1 N–H and O–H groups in total.